The maximum atomic E-state index is 10.8. The lowest BCUT2D eigenvalue weighted by molar-refractivity contribution is -0.185. The van der Waals surface area contributed by atoms with E-state index in [0.717, 1.165) is 0 Å². The van der Waals surface area contributed by atoms with Crippen molar-refractivity contribution in [3.8, 4) is 0 Å². The van der Waals surface area contributed by atoms with Gasteiger partial charge in [-0.15, -0.1) is 0 Å². The Morgan fingerprint density at radius 2 is 2.09 bits per heavy atom. The van der Waals surface area contributed by atoms with Crippen LogP contribution >= 0.6 is 7.82 Å². The third kappa shape index (κ3) is 0.841. The van der Waals surface area contributed by atoms with Crippen LogP contribution < -0.4 is 0 Å². The number of phosphoric ester groups is 1. The van der Waals surface area contributed by atoms with Crippen molar-refractivity contribution in [2.45, 2.75) is 19.1 Å². The van der Waals surface area contributed by atoms with Gasteiger partial charge in [0.1, 0.15) is 0 Å². The lowest BCUT2D eigenvalue weighted by Crippen LogP contribution is -2.40. The van der Waals surface area contributed by atoms with Crippen molar-refractivity contribution in [2.24, 2.45) is 0 Å². The topological polar surface area (TPSA) is 93.3 Å². The standard InChI is InChI=1S/C4H5O5P.H2O/c1-2-4-3(5)7-10(6,8-4)9-4;/h2H2,1H3;1H2. The number of carbonyl (C=O) groups is 1. The highest BCUT2D eigenvalue weighted by atomic mass is 31.2. The fourth-order valence-electron chi connectivity index (χ4n) is 0.924. The van der Waals surface area contributed by atoms with Crippen LogP contribution in [0.2, 0.25) is 0 Å². The molecule has 0 saturated carbocycles. The maximum absolute atomic E-state index is 10.8. The van der Waals surface area contributed by atoms with Crippen LogP contribution in [-0.2, 0) is 22.9 Å². The van der Waals surface area contributed by atoms with Gasteiger partial charge in [-0.25, -0.2) is 18.4 Å². The van der Waals surface area contributed by atoms with Crippen LogP contribution in [0.1, 0.15) is 13.3 Å². The Balaban J connectivity index is 0.000000605. The Labute approximate surface area is 62.4 Å². The van der Waals surface area contributed by atoms with Crippen LogP contribution in [0.5, 0.6) is 0 Å². The summed E-state index contributed by atoms with van der Waals surface area (Å²) in [4.78, 5) is 10.7. The Hall–Kier alpha value is -0.420. The third-order valence-electron chi connectivity index (χ3n) is 1.49. The first-order valence-electron chi connectivity index (χ1n) is 2.86. The van der Waals surface area contributed by atoms with E-state index in [-0.39, 0.29) is 5.48 Å². The molecule has 0 amide bonds. The van der Waals surface area contributed by atoms with Gasteiger partial charge < -0.3 is 10.00 Å². The van der Waals surface area contributed by atoms with E-state index < -0.39 is 19.6 Å². The molecule has 2 bridgehead atoms. The quantitative estimate of drug-likeness (QED) is 0.531. The first-order chi connectivity index (χ1) is 4.60. The predicted octanol–water partition coefficient (Wildman–Crippen LogP) is -0.0203. The number of hydrogen-bond donors (Lipinski definition) is 0. The molecule has 3 rings (SSSR count). The minimum absolute atomic E-state index is 0. The van der Waals surface area contributed by atoms with E-state index in [1.54, 1.807) is 6.92 Å². The van der Waals surface area contributed by atoms with Gasteiger partial charge in [-0.1, -0.05) is 6.92 Å². The van der Waals surface area contributed by atoms with Crippen molar-refractivity contribution in [3.63, 3.8) is 0 Å². The molecular weight excluding hydrogens is 175 g/mol. The average molecular weight is 182 g/mol. The van der Waals surface area contributed by atoms with E-state index in [9.17, 15) is 9.36 Å². The second-order valence-corrected chi connectivity index (χ2v) is 3.56. The summed E-state index contributed by atoms with van der Waals surface area (Å²) in [5, 5.41) is 0. The molecule has 64 valence electrons. The molecule has 0 aromatic rings. The summed E-state index contributed by atoms with van der Waals surface area (Å²) in [6.45, 7) is 1.69. The lowest BCUT2D eigenvalue weighted by Gasteiger charge is -2.28. The largest absolute Gasteiger partial charge is 0.538 e. The molecule has 0 spiro atoms. The second kappa shape index (κ2) is 2.04. The Kier molecular flexibility index (Phi) is 1.61. The molecule has 0 aliphatic carbocycles. The van der Waals surface area contributed by atoms with Gasteiger partial charge in [0.05, 0.1) is 0 Å². The van der Waals surface area contributed by atoms with Gasteiger partial charge in [0.2, 0.25) is 0 Å². The molecule has 7 heteroatoms. The molecule has 0 radical (unpaired) electrons. The molecule has 0 atom stereocenters. The second-order valence-electron chi connectivity index (χ2n) is 2.11. The number of rotatable bonds is 1. The van der Waals surface area contributed by atoms with Gasteiger partial charge in [0.15, 0.2) is 0 Å². The van der Waals surface area contributed by atoms with Crippen LogP contribution in [0.4, 0.5) is 0 Å². The molecule has 3 aliphatic rings. The van der Waals surface area contributed by atoms with Crippen LogP contribution in [0.15, 0.2) is 0 Å². The van der Waals surface area contributed by atoms with Crippen molar-refractivity contribution >= 4 is 13.8 Å². The molecule has 11 heavy (non-hydrogen) atoms. The highest BCUT2D eigenvalue weighted by molar-refractivity contribution is 7.51. The van der Waals surface area contributed by atoms with Gasteiger partial charge in [0, 0.05) is 6.42 Å². The van der Waals surface area contributed by atoms with Crippen molar-refractivity contribution in [1.29, 1.82) is 0 Å². The van der Waals surface area contributed by atoms with Crippen LogP contribution in [-0.4, -0.2) is 17.2 Å². The number of fused-ring (bicyclic) bond motifs is 1. The smallest absolute Gasteiger partial charge is 0.412 e. The molecule has 3 fully saturated rings. The van der Waals surface area contributed by atoms with E-state index in [0.29, 0.717) is 6.42 Å². The van der Waals surface area contributed by atoms with Crippen molar-refractivity contribution in [1.82, 2.24) is 0 Å². The summed E-state index contributed by atoms with van der Waals surface area (Å²) in [6.07, 6.45) is 0.329. The van der Waals surface area contributed by atoms with Crippen molar-refractivity contribution < 1.29 is 28.4 Å². The molecule has 2 N–H and O–H groups in total. The molecule has 3 saturated heterocycles. The predicted molar refractivity (Wildman–Crippen MR) is 32.5 cm³/mol. The summed E-state index contributed by atoms with van der Waals surface area (Å²) >= 11 is 0. The maximum Gasteiger partial charge on any atom is 0.538 e. The summed E-state index contributed by atoms with van der Waals surface area (Å²) in [5.74, 6) is -1.99. The van der Waals surface area contributed by atoms with E-state index in [1.165, 1.54) is 0 Å². The zero-order valence-electron chi connectivity index (χ0n) is 5.70. The highest BCUT2D eigenvalue weighted by Crippen LogP contribution is 2.72. The Morgan fingerprint density at radius 3 is 2.27 bits per heavy atom. The number of hydrogen-bond acceptors (Lipinski definition) is 5. The van der Waals surface area contributed by atoms with Crippen LogP contribution in [0.3, 0.4) is 0 Å². The molecule has 3 aliphatic heterocycles. The summed E-state index contributed by atoms with van der Waals surface area (Å²) < 4.78 is 24.4. The van der Waals surface area contributed by atoms with Gasteiger partial charge in [-0.05, 0) is 0 Å². The molecular formula is C4H7O6P. The zero-order valence-corrected chi connectivity index (χ0v) is 6.59. The Morgan fingerprint density at radius 1 is 1.55 bits per heavy atom. The van der Waals surface area contributed by atoms with Crippen molar-refractivity contribution in [3.05, 3.63) is 0 Å². The summed E-state index contributed by atoms with van der Waals surface area (Å²) in [6, 6.07) is 0. The Bertz CT molecular complexity index is 237. The number of carbonyl (C=O) groups excluding carboxylic acids is 1. The normalized spacial score (nSPS) is 45.7. The first kappa shape index (κ1) is 8.67. The number of phosphoric acid groups is 1. The van der Waals surface area contributed by atoms with Crippen LogP contribution in [0, 0.1) is 0 Å². The lowest BCUT2D eigenvalue weighted by atomic mass is 10.2. The SMILES string of the molecule is CCC12OP(=O)(OC1=O)O2.O. The molecule has 0 aromatic heterocycles. The monoisotopic (exact) mass is 182 g/mol. The van der Waals surface area contributed by atoms with E-state index >= 15 is 0 Å². The van der Waals surface area contributed by atoms with E-state index in [1.807, 2.05) is 0 Å². The van der Waals surface area contributed by atoms with Gasteiger partial charge in [0.25, 0.3) is 5.79 Å². The van der Waals surface area contributed by atoms with E-state index in [2.05, 4.69) is 13.6 Å². The first-order valence-corrected chi connectivity index (χ1v) is 4.32. The van der Waals surface area contributed by atoms with Crippen LogP contribution in [0.25, 0.3) is 0 Å². The zero-order chi connectivity index (χ0) is 7.41. The highest BCUT2D eigenvalue weighted by Gasteiger charge is 2.72. The van der Waals surface area contributed by atoms with Gasteiger partial charge >= 0.3 is 13.8 Å². The molecule has 0 aromatic carbocycles. The fourth-order valence-corrected chi connectivity index (χ4v) is 2.48. The minimum Gasteiger partial charge on any atom is -0.412 e. The fraction of sp³-hybridized carbons (Fsp3) is 0.750. The average Bonchev–Trinajstić information content (AvgIpc) is 2.15. The third-order valence-corrected chi connectivity index (χ3v) is 2.92. The summed E-state index contributed by atoms with van der Waals surface area (Å²) in [7, 11) is -3.39. The van der Waals surface area contributed by atoms with Gasteiger partial charge in [-0.2, -0.15) is 0 Å². The molecule has 3 heterocycles. The molecule has 0 unspecified atom stereocenters. The van der Waals surface area contributed by atoms with E-state index in [4.69, 9.17) is 0 Å². The minimum atomic E-state index is -3.39. The van der Waals surface area contributed by atoms with Crippen molar-refractivity contribution in [2.75, 3.05) is 0 Å². The molecule has 6 nitrogen and oxygen atoms in total. The summed E-state index contributed by atoms with van der Waals surface area (Å²) in [5.41, 5.74) is 0. The van der Waals surface area contributed by atoms with Gasteiger partial charge in [-0.3, -0.25) is 0 Å².